The zero-order valence-corrected chi connectivity index (χ0v) is 29.1. The molecule has 3 aromatic rings. The molecule has 0 saturated heterocycles. The highest BCUT2D eigenvalue weighted by molar-refractivity contribution is 7.10. The van der Waals surface area contributed by atoms with Crippen LogP contribution in [-0.2, 0) is 16.0 Å². The van der Waals surface area contributed by atoms with Gasteiger partial charge in [-0.15, -0.1) is 22.7 Å². The second-order valence-corrected chi connectivity index (χ2v) is 14.2. The molecule has 0 saturated carbocycles. The molecule has 1 aromatic carbocycles. The fourth-order valence-corrected chi connectivity index (χ4v) is 7.16. The lowest BCUT2D eigenvalue weighted by Gasteiger charge is -2.26. The van der Waals surface area contributed by atoms with E-state index in [1.165, 1.54) is 22.7 Å². The summed E-state index contributed by atoms with van der Waals surface area (Å²) in [6.45, 7) is 7.35. The van der Waals surface area contributed by atoms with Crippen LogP contribution in [0.5, 0.6) is 0 Å². The molecule has 3 heterocycles. The van der Waals surface area contributed by atoms with Crippen molar-refractivity contribution < 1.29 is 19.2 Å². The van der Waals surface area contributed by atoms with Crippen LogP contribution in [0.1, 0.15) is 114 Å². The molecule has 4 rings (SSSR count). The molecule has 3 atom stereocenters. The van der Waals surface area contributed by atoms with Crippen molar-refractivity contribution in [3.8, 4) is 0 Å². The predicted octanol–water partition coefficient (Wildman–Crippen LogP) is 4.78. The average Bonchev–Trinajstić information content (AvgIpc) is 3.75. The van der Waals surface area contributed by atoms with Gasteiger partial charge in [0.1, 0.15) is 21.4 Å². The van der Waals surface area contributed by atoms with Gasteiger partial charge in [0.25, 0.3) is 11.8 Å². The largest absolute Gasteiger partial charge is 0.351 e. The molecular formula is C34H47N7O4S2. The van der Waals surface area contributed by atoms with Crippen LogP contribution in [-0.4, -0.2) is 64.2 Å². The van der Waals surface area contributed by atoms with Crippen molar-refractivity contribution in [1.29, 1.82) is 0 Å². The molecule has 47 heavy (non-hydrogen) atoms. The Hall–Kier alpha value is -3.68. The minimum absolute atomic E-state index is 0.137. The number of fused-ring (bicyclic) bond motifs is 4. The maximum atomic E-state index is 13.5. The molecule has 13 heteroatoms. The van der Waals surface area contributed by atoms with E-state index in [9.17, 15) is 19.2 Å². The van der Waals surface area contributed by atoms with E-state index >= 15 is 0 Å². The molecule has 4 bridgehead atoms. The first-order chi connectivity index (χ1) is 22.6. The summed E-state index contributed by atoms with van der Waals surface area (Å²) < 4.78 is 0. The highest BCUT2D eigenvalue weighted by Crippen LogP contribution is 2.27. The second kappa shape index (κ2) is 18.0. The van der Waals surface area contributed by atoms with Gasteiger partial charge in [0.2, 0.25) is 11.8 Å². The van der Waals surface area contributed by atoms with Gasteiger partial charge in [-0.05, 0) is 43.6 Å². The van der Waals surface area contributed by atoms with Gasteiger partial charge in [0.05, 0.1) is 18.1 Å². The number of nitrogens with zero attached hydrogens (tertiary/aromatic N) is 3. The third-order valence-corrected chi connectivity index (χ3v) is 9.87. The van der Waals surface area contributed by atoms with Gasteiger partial charge in [-0.3, -0.25) is 19.2 Å². The normalized spacial score (nSPS) is 19.3. The smallest absolute Gasteiger partial charge is 0.271 e. The molecule has 2 aromatic heterocycles. The second-order valence-electron chi connectivity index (χ2n) is 12.4. The number of unbranched alkanes of at least 4 members (excludes halogenated alkanes) is 1. The number of nitrogens with two attached hydrogens (primary N) is 1. The van der Waals surface area contributed by atoms with Gasteiger partial charge in [-0.25, -0.2) is 9.97 Å². The van der Waals surface area contributed by atoms with Crippen molar-refractivity contribution in [3.05, 3.63) is 68.1 Å². The monoisotopic (exact) mass is 681 g/mol. The molecular weight excluding hydrogens is 635 g/mol. The minimum Gasteiger partial charge on any atom is -0.351 e. The van der Waals surface area contributed by atoms with Crippen molar-refractivity contribution in [2.45, 2.75) is 90.3 Å². The summed E-state index contributed by atoms with van der Waals surface area (Å²) >= 11 is 2.66. The Kier molecular flexibility index (Phi) is 13.9. The SMILES string of the molecule is CCCC[C@H](N)C(=O)N1CCCNC(=O)c2csc(n2)[C@H](Cc2ccccc2)NC(=O)c2csc(n2)C(CC(C)C)NC(=O)CCC1. The molecule has 11 nitrogen and oxygen atoms in total. The molecule has 5 N–H and O–H groups in total. The number of benzene rings is 1. The molecule has 1 unspecified atom stereocenters. The first-order valence-corrected chi connectivity index (χ1v) is 18.3. The Labute approximate surface area is 285 Å². The Balaban J connectivity index is 1.60. The molecule has 0 aliphatic carbocycles. The van der Waals surface area contributed by atoms with Crippen LogP contribution in [0, 0.1) is 5.92 Å². The standard InChI is InChI=1S/C34H47N7O4S2/c1-4-5-13-24(35)34(45)41-16-9-14-29(42)37-25(18-22(2)3)32-40-28(21-47-32)31(44)38-26(19-23-11-7-6-8-12-23)33-39-27(20-46-33)30(43)36-15-10-17-41/h6-8,11-12,20-22,24-26H,4-5,9-10,13-19,35H2,1-3H3,(H,36,43)(H,37,42)(H,38,44)/t24-,25?,26-/m0/s1. The first-order valence-electron chi connectivity index (χ1n) is 16.5. The van der Waals surface area contributed by atoms with Crippen molar-refractivity contribution in [3.63, 3.8) is 0 Å². The summed E-state index contributed by atoms with van der Waals surface area (Å²) in [5, 5.41) is 13.8. The number of carbonyl (C=O) groups is 4. The Bertz CT molecular complexity index is 1480. The maximum Gasteiger partial charge on any atom is 0.271 e. The zero-order valence-electron chi connectivity index (χ0n) is 27.5. The van der Waals surface area contributed by atoms with E-state index in [4.69, 9.17) is 5.73 Å². The summed E-state index contributed by atoms with van der Waals surface area (Å²) in [6, 6.07) is 8.35. The van der Waals surface area contributed by atoms with Crippen molar-refractivity contribution in [2.75, 3.05) is 19.6 Å². The van der Waals surface area contributed by atoms with Crippen molar-refractivity contribution in [2.24, 2.45) is 11.7 Å². The van der Waals surface area contributed by atoms with Gasteiger partial charge in [0, 0.05) is 36.8 Å². The van der Waals surface area contributed by atoms with E-state index in [1.54, 1.807) is 15.7 Å². The first kappa shape index (κ1) is 36.2. The van der Waals surface area contributed by atoms with E-state index in [0.29, 0.717) is 61.8 Å². The predicted molar refractivity (Wildman–Crippen MR) is 185 cm³/mol. The third-order valence-electron chi connectivity index (χ3n) is 7.96. The summed E-state index contributed by atoms with van der Waals surface area (Å²) in [5.74, 6) is -0.670. The number of amides is 4. The third kappa shape index (κ3) is 10.9. The van der Waals surface area contributed by atoms with Gasteiger partial charge in [-0.2, -0.15) is 0 Å². The molecule has 1 aliphatic rings. The van der Waals surface area contributed by atoms with E-state index in [2.05, 4.69) is 46.7 Å². The van der Waals surface area contributed by atoms with Crippen LogP contribution in [0.15, 0.2) is 41.1 Å². The van der Waals surface area contributed by atoms with Gasteiger partial charge < -0.3 is 26.6 Å². The molecule has 4 amide bonds. The number of nitrogens with one attached hydrogen (secondary N) is 3. The Morgan fingerprint density at radius 2 is 1.62 bits per heavy atom. The highest BCUT2D eigenvalue weighted by Gasteiger charge is 2.26. The summed E-state index contributed by atoms with van der Waals surface area (Å²) in [4.78, 5) is 64.0. The van der Waals surface area contributed by atoms with Crippen molar-refractivity contribution >= 4 is 46.3 Å². The van der Waals surface area contributed by atoms with Crippen molar-refractivity contribution in [1.82, 2.24) is 30.8 Å². The molecule has 1 aliphatic heterocycles. The lowest BCUT2D eigenvalue weighted by molar-refractivity contribution is -0.133. The molecule has 254 valence electrons. The molecule has 0 radical (unpaired) electrons. The minimum atomic E-state index is -0.601. The number of aromatic nitrogens is 2. The average molecular weight is 682 g/mol. The summed E-state index contributed by atoms with van der Waals surface area (Å²) in [7, 11) is 0. The topological polar surface area (TPSA) is 159 Å². The highest BCUT2D eigenvalue weighted by atomic mass is 32.1. The number of rotatable bonds is 8. The lowest BCUT2D eigenvalue weighted by atomic mass is 10.0. The van der Waals surface area contributed by atoms with Crippen LogP contribution in [0.25, 0.3) is 0 Å². The maximum absolute atomic E-state index is 13.5. The van der Waals surface area contributed by atoms with E-state index in [0.717, 1.165) is 18.4 Å². The zero-order chi connectivity index (χ0) is 33.8. The summed E-state index contributed by atoms with van der Waals surface area (Å²) in [6.07, 6.45) is 4.77. The fourth-order valence-electron chi connectivity index (χ4n) is 5.45. The van der Waals surface area contributed by atoms with E-state index < -0.39 is 12.1 Å². The lowest BCUT2D eigenvalue weighted by Crippen LogP contribution is -2.45. The van der Waals surface area contributed by atoms with Gasteiger partial charge in [0.15, 0.2) is 0 Å². The van der Waals surface area contributed by atoms with Crippen LogP contribution in [0.3, 0.4) is 0 Å². The Morgan fingerprint density at radius 3 is 2.30 bits per heavy atom. The van der Waals surface area contributed by atoms with Gasteiger partial charge >= 0.3 is 0 Å². The quantitative estimate of drug-likeness (QED) is 0.266. The fraction of sp³-hybridized carbons (Fsp3) is 0.529. The number of hydrogen-bond acceptors (Lipinski definition) is 9. The summed E-state index contributed by atoms with van der Waals surface area (Å²) in [5.41, 5.74) is 7.80. The van der Waals surface area contributed by atoms with Crippen LogP contribution in [0.4, 0.5) is 0 Å². The Morgan fingerprint density at radius 1 is 0.957 bits per heavy atom. The number of hydrogen-bond donors (Lipinski definition) is 4. The van der Waals surface area contributed by atoms with E-state index in [1.807, 2.05) is 30.3 Å². The molecule has 0 spiro atoms. The van der Waals surface area contributed by atoms with Crippen LogP contribution < -0.4 is 21.7 Å². The van der Waals surface area contributed by atoms with Gasteiger partial charge in [-0.1, -0.05) is 63.9 Å². The van der Waals surface area contributed by atoms with Crippen LogP contribution in [0.2, 0.25) is 0 Å². The molecule has 0 fully saturated rings. The number of carbonyl (C=O) groups excluding carboxylic acids is 4. The van der Waals surface area contributed by atoms with Crippen LogP contribution >= 0.6 is 22.7 Å². The number of thiazole rings is 2. The van der Waals surface area contributed by atoms with E-state index in [-0.39, 0.29) is 53.4 Å².